The van der Waals surface area contributed by atoms with Crippen molar-refractivity contribution in [3.05, 3.63) is 41.5 Å². The van der Waals surface area contributed by atoms with Crippen molar-refractivity contribution in [1.29, 1.82) is 0 Å². The van der Waals surface area contributed by atoms with E-state index in [9.17, 15) is 5.11 Å². The number of aromatic hydroxyl groups is 1. The monoisotopic (exact) mass is 255 g/mol. The minimum Gasteiger partial charge on any atom is -0.508 e. The summed E-state index contributed by atoms with van der Waals surface area (Å²) in [5.74, 6) is 0.946. The summed E-state index contributed by atoms with van der Waals surface area (Å²) in [6.07, 6.45) is 9.33. The van der Waals surface area contributed by atoms with Gasteiger partial charge in [-0.05, 0) is 54.9 Å². The van der Waals surface area contributed by atoms with Crippen molar-refractivity contribution in [2.45, 2.75) is 44.1 Å². The van der Waals surface area contributed by atoms with E-state index in [1.54, 1.807) is 0 Å². The molecule has 4 atom stereocenters. The van der Waals surface area contributed by atoms with Gasteiger partial charge in [-0.25, -0.2) is 0 Å². The minimum absolute atomic E-state index is 0.0856. The molecule has 1 unspecified atom stereocenters. The lowest BCUT2D eigenvalue weighted by atomic mass is 9.48. The van der Waals surface area contributed by atoms with Gasteiger partial charge in [0.25, 0.3) is 0 Å². The second-order valence-electron chi connectivity index (χ2n) is 6.80. The third-order valence-corrected chi connectivity index (χ3v) is 6.20. The Labute approximate surface area is 114 Å². The molecule has 1 spiro atoms. The van der Waals surface area contributed by atoms with Gasteiger partial charge in [-0.2, -0.15) is 0 Å². The molecule has 1 aromatic carbocycles. The molecule has 0 aliphatic heterocycles. The fourth-order valence-electron chi connectivity index (χ4n) is 4.97. The Morgan fingerprint density at radius 2 is 2.16 bits per heavy atom. The number of hydrogen-bond acceptors (Lipinski definition) is 2. The van der Waals surface area contributed by atoms with Crippen LogP contribution in [0.15, 0.2) is 30.4 Å². The van der Waals surface area contributed by atoms with Crippen LogP contribution in [0.4, 0.5) is 0 Å². The van der Waals surface area contributed by atoms with Crippen molar-refractivity contribution in [1.82, 2.24) is 0 Å². The fourth-order valence-corrected chi connectivity index (χ4v) is 4.97. The van der Waals surface area contributed by atoms with Crippen LogP contribution in [0.5, 0.6) is 5.75 Å². The summed E-state index contributed by atoms with van der Waals surface area (Å²) < 4.78 is 0. The summed E-state index contributed by atoms with van der Waals surface area (Å²) >= 11 is 0. The Kier molecular flexibility index (Phi) is 2.08. The first-order valence-corrected chi connectivity index (χ1v) is 7.34. The number of phenols is 1. The number of hydrogen-bond donors (Lipinski definition) is 2. The highest BCUT2D eigenvalue weighted by Crippen LogP contribution is 2.62. The van der Waals surface area contributed by atoms with Gasteiger partial charge in [-0.1, -0.05) is 25.1 Å². The Hall–Kier alpha value is -1.28. The summed E-state index contributed by atoms with van der Waals surface area (Å²) in [4.78, 5) is 0. The maximum atomic E-state index is 9.88. The van der Waals surface area contributed by atoms with E-state index >= 15 is 0 Å². The topological polar surface area (TPSA) is 46.2 Å². The Bertz CT molecular complexity index is 579. The van der Waals surface area contributed by atoms with Gasteiger partial charge in [0.2, 0.25) is 0 Å². The first-order valence-electron chi connectivity index (χ1n) is 7.34. The van der Waals surface area contributed by atoms with Crippen LogP contribution in [0.25, 0.3) is 0 Å². The van der Waals surface area contributed by atoms with Crippen LogP contribution in [0.1, 0.15) is 37.3 Å². The fraction of sp³-hybridized carbons (Fsp3) is 0.529. The van der Waals surface area contributed by atoms with Crippen molar-refractivity contribution in [3.8, 4) is 5.75 Å². The van der Waals surface area contributed by atoms with Crippen LogP contribution in [0.3, 0.4) is 0 Å². The van der Waals surface area contributed by atoms with Gasteiger partial charge in [-0.3, -0.25) is 0 Å². The molecule has 2 nitrogen and oxygen atoms in total. The van der Waals surface area contributed by atoms with Crippen LogP contribution >= 0.6 is 0 Å². The van der Waals surface area contributed by atoms with Crippen molar-refractivity contribution < 1.29 is 5.11 Å². The van der Waals surface area contributed by atoms with E-state index in [1.165, 1.54) is 24.0 Å². The molecular formula is C17H21NO. The SMILES string of the molecule is C[C@@]12CC[C@@H]3C=C[C@@]1(CCc1ccc(O)cc12)C3N. The van der Waals surface area contributed by atoms with Crippen molar-refractivity contribution in [3.63, 3.8) is 0 Å². The van der Waals surface area contributed by atoms with Crippen molar-refractivity contribution in [2.24, 2.45) is 17.1 Å². The highest BCUT2D eigenvalue weighted by Gasteiger charge is 2.59. The van der Waals surface area contributed by atoms with E-state index in [2.05, 4.69) is 25.1 Å². The molecule has 0 aromatic heterocycles. The zero-order valence-corrected chi connectivity index (χ0v) is 11.4. The molecular weight excluding hydrogens is 234 g/mol. The lowest BCUT2D eigenvalue weighted by Gasteiger charge is -2.56. The highest BCUT2D eigenvalue weighted by atomic mass is 16.3. The molecule has 3 aliphatic rings. The van der Waals surface area contributed by atoms with Gasteiger partial charge in [0.05, 0.1) is 0 Å². The lowest BCUT2D eigenvalue weighted by Crippen LogP contribution is -2.59. The van der Waals surface area contributed by atoms with Crippen LogP contribution in [-0.4, -0.2) is 11.1 Å². The molecule has 3 aliphatic carbocycles. The number of nitrogens with two attached hydrogens (primary N) is 1. The van der Waals surface area contributed by atoms with E-state index in [0.717, 1.165) is 12.8 Å². The molecule has 2 bridgehead atoms. The third kappa shape index (κ3) is 1.21. The van der Waals surface area contributed by atoms with Gasteiger partial charge in [0.15, 0.2) is 0 Å². The summed E-state index contributed by atoms with van der Waals surface area (Å²) in [6, 6.07) is 6.15. The number of aryl methyl sites for hydroxylation is 1. The molecule has 1 aromatic rings. The van der Waals surface area contributed by atoms with Crippen molar-refractivity contribution in [2.75, 3.05) is 0 Å². The average molecular weight is 255 g/mol. The largest absolute Gasteiger partial charge is 0.508 e. The number of fused-ring (bicyclic) bond motifs is 3. The standard InChI is InChI=1S/C17H21NO/c1-16-7-4-12-6-9-17(16,15(12)18)8-5-11-2-3-13(19)10-14(11)16/h2-3,6,9-10,12,15,19H,4-5,7-8,18H2,1H3/t12-,15?,16+,17+/m1/s1. The van der Waals surface area contributed by atoms with Gasteiger partial charge in [0.1, 0.15) is 5.75 Å². The van der Waals surface area contributed by atoms with Crippen LogP contribution in [-0.2, 0) is 11.8 Å². The zero-order valence-electron chi connectivity index (χ0n) is 11.4. The second-order valence-corrected chi connectivity index (χ2v) is 6.80. The summed E-state index contributed by atoms with van der Waals surface area (Å²) in [6.45, 7) is 2.36. The average Bonchev–Trinajstić information content (AvgIpc) is 2.62. The lowest BCUT2D eigenvalue weighted by molar-refractivity contribution is 0.0672. The number of rotatable bonds is 0. The molecule has 100 valence electrons. The highest BCUT2D eigenvalue weighted by molar-refractivity contribution is 5.48. The van der Waals surface area contributed by atoms with Gasteiger partial charge in [0, 0.05) is 16.9 Å². The molecule has 2 heteroatoms. The quantitative estimate of drug-likeness (QED) is 0.700. The Morgan fingerprint density at radius 1 is 1.32 bits per heavy atom. The van der Waals surface area contributed by atoms with Crippen LogP contribution in [0, 0.1) is 11.3 Å². The first-order chi connectivity index (χ1) is 9.07. The van der Waals surface area contributed by atoms with Gasteiger partial charge < -0.3 is 10.8 Å². The molecule has 19 heavy (non-hydrogen) atoms. The predicted octanol–water partition coefficient (Wildman–Crippen LogP) is 2.89. The van der Waals surface area contributed by atoms with Crippen LogP contribution in [0.2, 0.25) is 0 Å². The smallest absolute Gasteiger partial charge is 0.115 e. The van der Waals surface area contributed by atoms with Gasteiger partial charge in [-0.15, -0.1) is 0 Å². The third-order valence-electron chi connectivity index (χ3n) is 6.20. The molecule has 1 fully saturated rings. The van der Waals surface area contributed by atoms with E-state index < -0.39 is 0 Å². The Balaban J connectivity index is 1.96. The zero-order chi connectivity index (χ0) is 13.3. The molecule has 0 heterocycles. The normalized spacial score (nSPS) is 42.8. The van der Waals surface area contributed by atoms with E-state index in [1.807, 2.05) is 12.1 Å². The number of phenolic OH excluding ortho intramolecular Hbond substituents is 1. The van der Waals surface area contributed by atoms with Crippen LogP contribution < -0.4 is 5.73 Å². The maximum Gasteiger partial charge on any atom is 0.115 e. The molecule has 0 radical (unpaired) electrons. The minimum atomic E-state index is 0.0856. The molecule has 0 amide bonds. The first kappa shape index (κ1) is 11.5. The van der Waals surface area contributed by atoms with E-state index in [0.29, 0.717) is 11.7 Å². The molecule has 0 saturated heterocycles. The van der Waals surface area contributed by atoms with E-state index in [4.69, 9.17) is 5.73 Å². The number of benzene rings is 1. The second kappa shape index (κ2) is 3.43. The maximum absolute atomic E-state index is 9.88. The Morgan fingerprint density at radius 3 is 3.00 bits per heavy atom. The molecule has 4 rings (SSSR count). The van der Waals surface area contributed by atoms with E-state index in [-0.39, 0.29) is 16.9 Å². The molecule has 1 saturated carbocycles. The van der Waals surface area contributed by atoms with Gasteiger partial charge >= 0.3 is 0 Å². The summed E-state index contributed by atoms with van der Waals surface area (Å²) in [7, 11) is 0. The summed E-state index contributed by atoms with van der Waals surface area (Å²) in [5, 5.41) is 9.88. The van der Waals surface area contributed by atoms with Crippen molar-refractivity contribution >= 4 is 0 Å². The predicted molar refractivity (Wildman–Crippen MR) is 76.1 cm³/mol. The summed E-state index contributed by atoms with van der Waals surface area (Å²) in [5.41, 5.74) is 9.51. The molecule has 3 N–H and O–H groups in total.